The lowest BCUT2D eigenvalue weighted by Crippen LogP contribution is -2.12. The number of phenolic OH excluding ortho intramolecular Hbond substituents is 1. The van der Waals surface area contributed by atoms with Gasteiger partial charge in [0.25, 0.3) is 0 Å². The molecular formula is C32H24FN7O. The molecule has 9 heteroatoms. The first kappa shape index (κ1) is 24.6. The van der Waals surface area contributed by atoms with Crippen molar-refractivity contribution in [2.45, 2.75) is 13.1 Å². The molecule has 7 aromatic rings. The number of H-pyrrole nitrogens is 2. The minimum absolute atomic E-state index is 0.138. The van der Waals surface area contributed by atoms with Crippen LogP contribution in [-0.2, 0) is 13.1 Å². The van der Waals surface area contributed by atoms with Crippen molar-refractivity contribution < 1.29 is 9.50 Å². The quantitative estimate of drug-likeness (QED) is 0.187. The third-order valence-electron chi connectivity index (χ3n) is 6.98. The van der Waals surface area contributed by atoms with Crippen molar-refractivity contribution in [3.8, 4) is 39.5 Å². The highest BCUT2D eigenvalue weighted by atomic mass is 19.1. The third kappa shape index (κ3) is 4.90. The number of aromatic hydroxyl groups is 1. The zero-order valence-corrected chi connectivity index (χ0v) is 21.8. The zero-order valence-electron chi connectivity index (χ0n) is 21.8. The fourth-order valence-electron chi connectivity index (χ4n) is 5.05. The Morgan fingerprint density at radius 3 is 2.61 bits per heavy atom. The summed E-state index contributed by atoms with van der Waals surface area (Å²) in [5.74, 6) is -0.650. The standard InChI is InChI=1S/C32H24FN7O/c33-23-11-21(12-24(41)13-23)25-8-9-36-32-26(25)14-29(38-32)31-30-28(39-40-31)7-6-27(37-30)22-10-20(17-35-18-22)16-34-15-19-4-2-1-3-5-19/h1-14,17-18,34,41H,15-16H2,(H,36,38)(H,39,40). The first-order chi connectivity index (χ1) is 20.1. The summed E-state index contributed by atoms with van der Waals surface area (Å²) < 4.78 is 14.0. The van der Waals surface area contributed by atoms with Crippen LogP contribution in [0.5, 0.6) is 5.75 Å². The number of pyridine rings is 3. The summed E-state index contributed by atoms with van der Waals surface area (Å²) in [4.78, 5) is 17.2. The Labute approximate surface area is 234 Å². The van der Waals surface area contributed by atoms with E-state index < -0.39 is 5.82 Å². The summed E-state index contributed by atoms with van der Waals surface area (Å²) in [5.41, 5.74) is 8.74. The second-order valence-electron chi connectivity index (χ2n) is 9.84. The van der Waals surface area contributed by atoms with E-state index in [4.69, 9.17) is 4.98 Å². The lowest BCUT2D eigenvalue weighted by Gasteiger charge is -2.07. The Balaban J connectivity index is 1.21. The van der Waals surface area contributed by atoms with Crippen molar-refractivity contribution in [1.29, 1.82) is 0 Å². The number of rotatable bonds is 7. The minimum Gasteiger partial charge on any atom is -0.508 e. The maximum atomic E-state index is 14.0. The molecule has 0 saturated heterocycles. The van der Waals surface area contributed by atoms with Gasteiger partial charge in [-0.25, -0.2) is 14.4 Å². The smallest absolute Gasteiger partial charge is 0.138 e. The number of aromatic amines is 2. The summed E-state index contributed by atoms with van der Waals surface area (Å²) in [5, 5.41) is 21.8. The van der Waals surface area contributed by atoms with Crippen LogP contribution in [0.25, 0.3) is 55.8 Å². The highest BCUT2D eigenvalue weighted by molar-refractivity contribution is 5.99. The summed E-state index contributed by atoms with van der Waals surface area (Å²) >= 11 is 0. The van der Waals surface area contributed by atoms with Crippen LogP contribution in [-0.4, -0.2) is 35.2 Å². The Hall–Kier alpha value is -5.41. The molecule has 200 valence electrons. The fraction of sp³-hybridized carbons (Fsp3) is 0.0625. The van der Waals surface area contributed by atoms with Gasteiger partial charge in [0.05, 0.1) is 16.9 Å². The van der Waals surface area contributed by atoms with Gasteiger partial charge in [-0.2, -0.15) is 5.10 Å². The van der Waals surface area contributed by atoms with E-state index in [2.05, 4.69) is 48.7 Å². The van der Waals surface area contributed by atoms with Gasteiger partial charge in [-0.1, -0.05) is 30.3 Å². The van der Waals surface area contributed by atoms with Gasteiger partial charge in [-0.3, -0.25) is 10.1 Å². The van der Waals surface area contributed by atoms with Crippen LogP contribution in [0.2, 0.25) is 0 Å². The van der Waals surface area contributed by atoms with E-state index in [1.807, 2.05) is 48.8 Å². The first-order valence-corrected chi connectivity index (χ1v) is 13.1. The van der Waals surface area contributed by atoms with Crippen molar-refractivity contribution in [2.75, 3.05) is 0 Å². The minimum atomic E-state index is -0.513. The molecule has 8 nitrogen and oxygen atoms in total. The number of halogens is 1. The average molecular weight is 542 g/mol. The first-order valence-electron chi connectivity index (χ1n) is 13.1. The molecule has 0 bridgehead atoms. The van der Waals surface area contributed by atoms with Gasteiger partial charge in [0.1, 0.15) is 28.4 Å². The summed E-state index contributed by atoms with van der Waals surface area (Å²) in [7, 11) is 0. The maximum absolute atomic E-state index is 14.0. The van der Waals surface area contributed by atoms with Crippen LogP contribution in [0.3, 0.4) is 0 Å². The molecule has 0 fully saturated rings. The number of hydrogen-bond donors (Lipinski definition) is 4. The predicted octanol–water partition coefficient (Wildman–Crippen LogP) is 6.36. The second-order valence-corrected chi connectivity index (χ2v) is 9.84. The maximum Gasteiger partial charge on any atom is 0.138 e. The van der Waals surface area contributed by atoms with E-state index in [0.717, 1.165) is 45.9 Å². The Morgan fingerprint density at radius 1 is 0.854 bits per heavy atom. The van der Waals surface area contributed by atoms with E-state index in [1.54, 1.807) is 12.3 Å². The molecular weight excluding hydrogens is 517 g/mol. The van der Waals surface area contributed by atoms with Gasteiger partial charge in [0, 0.05) is 48.7 Å². The van der Waals surface area contributed by atoms with Crippen LogP contribution in [0.15, 0.2) is 97.5 Å². The van der Waals surface area contributed by atoms with Crippen LogP contribution in [0.1, 0.15) is 11.1 Å². The van der Waals surface area contributed by atoms with Gasteiger partial charge in [-0.05, 0) is 64.7 Å². The fourth-order valence-corrected chi connectivity index (χ4v) is 5.05. The van der Waals surface area contributed by atoms with Gasteiger partial charge in [0.15, 0.2) is 0 Å². The van der Waals surface area contributed by atoms with Gasteiger partial charge in [-0.15, -0.1) is 0 Å². The number of nitrogens with zero attached hydrogens (tertiary/aromatic N) is 4. The van der Waals surface area contributed by atoms with Crippen LogP contribution >= 0.6 is 0 Å². The van der Waals surface area contributed by atoms with Crippen molar-refractivity contribution in [2.24, 2.45) is 0 Å². The SMILES string of the molecule is Oc1cc(F)cc(-c2ccnc3[nH]c(-c4n[nH]c5ccc(-c6cncc(CNCc7ccccc7)c6)nc45)cc23)c1. The summed E-state index contributed by atoms with van der Waals surface area (Å²) in [6.45, 7) is 1.46. The van der Waals surface area contributed by atoms with E-state index in [-0.39, 0.29) is 5.75 Å². The van der Waals surface area contributed by atoms with Crippen LogP contribution in [0.4, 0.5) is 4.39 Å². The van der Waals surface area contributed by atoms with Gasteiger partial charge in [0.2, 0.25) is 0 Å². The van der Waals surface area contributed by atoms with Crippen LogP contribution in [0, 0.1) is 5.82 Å². The van der Waals surface area contributed by atoms with Crippen molar-refractivity contribution in [3.05, 3.63) is 114 Å². The molecule has 7 rings (SSSR count). The summed E-state index contributed by atoms with van der Waals surface area (Å²) in [6, 6.07) is 24.0. The molecule has 0 spiro atoms. The van der Waals surface area contributed by atoms with Gasteiger partial charge >= 0.3 is 0 Å². The largest absolute Gasteiger partial charge is 0.508 e. The molecule has 0 atom stereocenters. The second kappa shape index (κ2) is 10.3. The van der Waals surface area contributed by atoms with E-state index in [1.165, 1.54) is 17.7 Å². The molecule has 0 saturated carbocycles. The zero-order chi connectivity index (χ0) is 27.8. The van der Waals surface area contributed by atoms with E-state index >= 15 is 0 Å². The van der Waals surface area contributed by atoms with Gasteiger partial charge < -0.3 is 15.4 Å². The Kier molecular flexibility index (Phi) is 6.18. The predicted molar refractivity (Wildman–Crippen MR) is 156 cm³/mol. The number of benzene rings is 2. The lowest BCUT2D eigenvalue weighted by atomic mass is 10.0. The molecule has 0 aliphatic carbocycles. The van der Waals surface area contributed by atoms with Crippen molar-refractivity contribution >= 4 is 22.1 Å². The normalized spacial score (nSPS) is 11.4. The molecule has 0 aliphatic rings. The number of fused-ring (bicyclic) bond motifs is 2. The van der Waals surface area contributed by atoms with Crippen molar-refractivity contribution in [3.63, 3.8) is 0 Å². The highest BCUT2D eigenvalue weighted by Crippen LogP contribution is 2.34. The monoisotopic (exact) mass is 541 g/mol. The molecule has 0 unspecified atom stereocenters. The molecule has 4 N–H and O–H groups in total. The third-order valence-corrected chi connectivity index (χ3v) is 6.98. The molecule has 41 heavy (non-hydrogen) atoms. The Morgan fingerprint density at radius 2 is 1.73 bits per heavy atom. The molecule has 0 radical (unpaired) electrons. The molecule has 0 aliphatic heterocycles. The number of hydrogen-bond acceptors (Lipinski definition) is 6. The molecule has 5 aromatic heterocycles. The highest BCUT2D eigenvalue weighted by Gasteiger charge is 2.17. The lowest BCUT2D eigenvalue weighted by molar-refractivity contribution is 0.469. The molecule has 2 aromatic carbocycles. The van der Waals surface area contributed by atoms with E-state index in [9.17, 15) is 9.50 Å². The Bertz CT molecular complexity index is 2000. The number of nitrogens with one attached hydrogen (secondary N) is 3. The van der Waals surface area contributed by atoms with Crippen LogP contribution < -0.4 is 5.32 Å². The topological polar surface area (TPSA) is 115 Å². The number of aromatic nitrogens is 6. The van der Waals surface area contributed by atoms with Crippen molar-refractivity contribution in [1.82, 2.24) is 35.5 Å². The van der Waals surface area contributed by atoms with E-state index in [0.29, 0.717) is 34.7 Å². The average Bonchev–Trinajstić information content (AvgIpc) is 3.61. The summed E-state index contributed by atoms with van der Waals surface area (Å²) in [6.07, 6.45) is 5.31. The molecule has 0 amide bonds. The number of phenols is 1. The molecule has 5 heterocycles.